The van der Waals surface area contributed by atoms with E-state index in [2.05, 4.69) is 0 Å². The summed E-state index contributed by atoms with van der Waals surface area (Å²) in [5, 5.41) is 9.05. The van der Waals surface area contributed by atoms with Crippen molar-refractivity contribution in [2.75, 3.05) is 0 Å². The predicted molar refractivity (Wildman–Crippen MR) is 55.9 cm³/mol. The molecule has 0 aliphatic rings. The molecular weight excluding hydrogens is 180 g/mol. The zero-order valence-electron chi connectivity index (χ0n) is 9.83. The van der Waals surface area contributed by atoms with Crippen molar-refractivity contribution in [1.82, 2.24) is 0 Å². The van der Waals surface area contributed by atoms with Gasteiger partial charge in [0.2, 0.25) is 0 Å². The third-order valence-corrected chi connectivity index (χ3v) is 1.91. The molecule has 2 atom stereocenters. The van der Waals surface area contributed by atoms with Crippen molar-refractivity contribution in [3.8, 4) is 0 Å². The number of aliphatic hydroxyl groups excluding tert-OH is 1. The second-order valence-corrected chi connectivity index (χ2v) is 4.89. The Morgan fingerprint density at radius 1 is 1.29 bits per heavy atom. The van der Waals surface area contributed by atoms with Gasteiger partial charge in [0.1, 0.15) is 0 Å². The summed E-state index contributed by atoms with van der Waals surface area (Å²) >= 11 is 0. The van der Waals surface area contributed by atoms with Gasteiger partial charge in [0.25, 0.3) is 0 Å². The molecule has 0 aromatic rings. The predicted octanol–water partition coefficient (Wildman–Crippen LogP) is 2.13. The average Bonchev–Trinajstić information content (AvgIpc) is 1.99. The van der Waals surface area contributed by atoms with Crippen molar-refractivity contribution < 1.29 is 14.6 Å². The summed E-state index contributed by atoms with van der Waals surface area (Å²) < 4.78 is 5.22. The maximum Gasteiger partial charge on any atom is 0.311 e. The van der Waals surface area contributed by atoms with Crippen molar-refractivity contribution in [2.45, 2.75) is 59.7 Å². The van der Waals surface area contributed by atoms with E-state index < -0.39 is 5.41 Å². The van der Waals surface area contributed by atoms with Crippen LogP contribution in [0.3, 0.4) is 0 Å². The zero-order valence-corrected chi connectivity index (χ0v) is 9.83. The lowest BCUT2D eigenvalue weighted by atomic mass is 9.97. The first kappa shape index (κ1) is 13.4. The monoisotopic (exact) mass is 202 g/mol. The molecular formula is C11H22O3. The van der Waals surface area contributed by atoms with Gasteiger partial charge in [0.15, 0.2) is 0 Å². The van der Waals surface area contributed by atoms with Crippen molar-refractivity contribution >= 4 is 5.97 Å². The summed E-state index contributed by atoms with van der Waals surface area (Å²) in [6.45, 7) is 9.08. The standard InChI is InChI=1S/C11H22O3/c1-8(12)6-7-9(2)14-10(13)11(3,4)5/h8-9,12H,6-7H2,1-5H3. The summed E-state index contributed by atoms with van der Waals surface area (Å²) in [5.74, 6) is -0.185. The average molecular weight is 202 g/mol. The molecule has 0 rings (SSSR count). The van der Waals surface area contributed by atoms with Crippen LogP contribution in [-0.4, -0.2) is 23.3 Å². The van der Waals surface area contributed by atoms with E-state index in [1.165, 1.54) is 0 Å². The molecule has 0 amide bonds. The lowest BCUT2D eigenvalue weighted by Gasteiger charge is -2.21. The summed E-state index contributed by atoms with van der Waals surface area (Å²) in [6, 6.07) is 0. The number of rotatable bonds is 4. The Kier molecular flexibility index (Phi) is 5.13. The quantitative estimate of drug-likeness (QED) is 0.710. The Morgan fingerprint density at radius 3 is 2.14 bits per heavy atom. The Labute approximate surface area is 86.5 Å². The molecule has 3 nitrogen and oxygen atoms in total. The summed E-state index contributed by atoms with van der Waals surface area (Å²) in [7, 11) is 0. The van der Waals surface area contributed by atoms with Crippen molar-refractivity contribution in [3.63, 3.8) is 0 Å². The SMILES string of the molecule is CC(O)CCC(C)OC(=O)C(C)(C)C. The Morgan fingerprint density at radius 2 is 1.79 bits per heavy atom. The summed E-state index contributed by atoms with van der Waals surface area (Å²) in [4.78, 5) is 11.4. The van der Waals surface area contributed by atoms with Crippen LogP contribution in [0.15, 0.2) is 0 Å². The highest BCUT2D eigenvalue weighted by Crippen LogP contribution is 2.17. The highest BCUT2D eigenvalue weighted by molar-refractivity contribution is 5.75. The molecule has 84 valence electrons. The van der Waals surface area contributed by atoms with Crippen LogP contribution in [0.4, 0.5) is 0 Å². The molecule has 0 radical (unpaired) electrons. The smallest absolute Gasteiger partial charge is 0.311 e. The number of aliphatic hydroxyl groups is 1. The highest BCUT2D eigenvalue weighted by atomic mass is 16.5. The lowest BCUT2D eigenvalue weighted by molar-refractivity contribution is -0.158. The van der Waals surface area contributed by atoms with Crippen LogP contribution < -0.4 is 0 Å². The van der Waals surface area contributed by atoms with Gasteiger partial charge >= 0.3 is 5.97 Å². The maximum atomic E-state index is 11.4. The van der Waals surface area contributed by atoms with E-state index in [4.69, 9.17) is 9.84 Å². The maximum absolute atomic E-state index is 11.4. The van der Waals surface area contributed by atoms with Crippen LogP contribution in [0.1, 0.15) is 47.5 Å². The number of ether oxygens (including phenoxy) is 1. The van der Waals surface area contributed by atoms with Gasteiger partial charge in [-0.15, -0.1) is 0 Å². The first-order chi connectivity index (χ1) is 6.23. The molecule has 0 aromatic heterocycles. The van der Waals surface area contributed by atoms with Crippen LogP contribution in [0.2, 0.25) is 0 Å². The molecule has 0 spiro atoms. The van der Waals surface area contributed by atoms with Crippen LogP contribution in [0, 0.1) is 5.41 Å². The van der Waals surface area contributed by atoms with Gasteiger partial charge in [-0.1, -0.05) is 0 Å². The highest BCUT2D eigenvalue weighted by Gasteiger charge is 2.24. The van der Waals surface area contributed by atoms with Crippen molar-refractivity contribution in [1.29, 1.82) is 0 Å². The fourth-order valence-electron chi connectivity index (χ4n) is 0.894. The molecule has 0 heterocycles. The minimum atomic E-state index is -0.445. The van der Waals surface area contributed by atoms with E-state index in [-0.39, 0.29) is 18.2 Å². The normalized spacial score (nSPS) is 16.1. The van der Waals surface area contributed by atoms with Crippen LogP contribution >= 0.6 is 0 Å². The van der Waals surface area contributed by atoms with Gasteiger partial charge in [-0.3, -0.25) is 4.79 Å². The molecule has 1 N–H and O–H groups in total. The first-order valence-electron chi connectivity index (χ1n) is 5.12. The van der Waals surface area contributed by atoms with Crippen LogP contribution in [0.5, 0.6) is 0 Å². The molecule has 0 aliphatic carbocycles. The number of carbonyl (C=O) groups excluding carboxylic acids is 1. The molecule has 0 fully saturated rings. The number of esters is 1. The van der Waals surface area contributed by atoms with Crippen molar-refractivity contribution in [2.24, 2.45) is 5.41 Å². The number of carbonyl (C=O) groups is 1. The van der Waals surface area contributed by atoms with E-state index in [1.54, 1.807) is 6.92 Å². The fourth-order valence-corrected chi connectivity index (χ4v) is 0.894. The lowest BCUT2D eigenvalue weighted by Crippen LogP contribution is -2.27. The second-order valence-electron chi connectivity index (χ2n) is 4.89. The molecule has 0 aromatic carbocycles. The molecule has 0 saturated carbocycles. The molecule has 0 bridgehead atoms. The molecule has 0 aliphatic heterocycles. The fraction of sp³-hybridized carbons (Fsp3) is 0.909. The van der Waals surface area contributed by atoms with Gasteiger partial charge in [-0.2, -0.15) is 0 Å². The van der Waals surface area contributed by atoms with Crippen LogP contribution in [0.25, 0.3) is 0 Å². The summed E-state index contributed by atoms with van der Waals surface area (Å²) in [6.07, 6.45) is 0.931. The Hall–Kier alpha value is -0.570. The topological polar surface area (TPSA) is 46.5 Å². The Bertz CT molecular complexity index is 179. The third-order valence-electron chi connectivity index (χ3n) is 1.91. The minimum absolute atomic E-state index is 0.115. The molecule has 2 unspecified atom stereocenters. The molecule has 3 heteroatoms. The van der Waals surface area contributed by atoms with E-state index in [0.29, 0.717) is 12.8 Å². The molecule has 14 heavy (non-hydrogen) atoms. The van der Waals surface area contributed by atoms with Gasteiger partial charge < -0.3 is 9.84 Å². The van der Waals surface area contributed by atoms with Gasteiger partial charge in [-0.25, -0.2) is 0 Å². The van der Waals surface area contributed by atoms with Gasteiger partial charge in [-0.05, 0) is 47.5 Å². The third kappa shape index (κ3) is 5.97. The van der Waals surface area contributed by atoms with E-state index >= 15 is 0 Å². The van der Waals surface area contributed by atoms with Crippen molar-refractivity contribution in [3.05, 3.63) is 0 Å². The second kappa shape index (κ2) is 5.35. The molecule has 0 saturated heterocycles. The summed E-state index contributed by atoms with van der Waals surface area (Å²) in [5.41, 5.74) is -0.445. The Balaban J connectivity index is 3.83. The largest absolute Gasteiger partial charge is 0.462 e. The van der Waals surface area contributed by atoms with E-state index in [9.17, 15) is 4.79 Å². The minimum Gasteiger partial charge on any atom is -0.462 e. The van der Waals surface area contributed by atoms with Gasteiger partial charge in [0.05, 0.1) is 17.6 Å². The first-order valence-corrected chi connectivity index (χ1v) is 5.12. The van der Waals surface area contributed by atoms with E-state index in [0.717, 1.165) is 0 Å². The number of hydrogen-bond acceptors (Lipinski definition) is 3. The van der Waals surface area contributed by atoms with Crippen LogP contribution in [-0.2, 0) is 9.53 Å². The number of hydrogen-bond donors (Lipinski definition) is 1. The zero-order chi connectivity index (χ0) is 11.4. The van der Waals surface area contributed by atoms with Gasteiger partial charge in [0, 0.05) is 0 Å². The van der Waals surface area contributed by atoms with E-state index in [1.807, 2.05) is 27.7 Å².